The van der Waals surface area contributed by atoms with Crippen LogP contribution in [0.5, 0.6) is 0 Å². The van der Waals surface area contributed by atoms with Crippen LogP contribution in [-0.2, 0) is 14.3 Å². The molecule has 3 unspecified atom stereocenters. The minimum Gasteiger partial charge on any atom is -0.463 e. The van der Waals surface area contributed by atoms with Gasteiger partial charge in [-0.2, -0.15) is 0 Å². The van der Waals surface area contributed by atoms with Crippen LogP contribution in [0.3, 0.4) is 0 Å². The standard InChI is InChI=1S/C9H12O4/c1-2-12-9(11)5-3-6(10)8-7(4-5)13-8/h4,6-8,10H,2-3H2,1H3. The summed E-state index contributed by atoms with van der Waals surface area (Å²) in [7, 11) is 0. The zero-order chi connectivity index (χ0) is 9.42. The molecule has 0 spiro atoms. The molecule has 1 saturated heterocycles. The number of esters is 1. The van der Waals surface area contributed by atoms with E-state index in [9.17, 15) is 9.90 Å². The Hall–Kier alpha value is -0.870. The first-order chi connectivity index (χ1) is 6.22. The highest BCUT2D eigenvalue weighted by molar-refractivity contribution is 5.89. The molecule has 0 aromatic rings. The van der Waals surface area contributed by atoms with Crippen molar-refractivity contribution in [3.05, 3.63) is 11.6 Å². The van der Waals surface area contributed by atoms with Crippen molar-refractivity contribution < 1.29 is 19.4 Å². The van der Waals surface area contributed by atoms with Crippen LogP contribution in [-0.4, -0.2) is 36.0 Å². The van der Waals surface area contributed by atoms with Gasteiger partial charge in [-0.25, -0.2) is 4.79 Å². The molecule has 0 saturated carbocycles. The number of aliphatic hydroxyl groups excluding tert-OH is 1. The number of carbonyl (C=O) groups is 1. The van der Waals surface area contributed by atoms with E-state index >= 15 is 0 Å². The average Bonchev–Trinajstić information content (AvgIpc) is 2.84. The van der Waals surface area contributed by atoms with Gasteiger partial charge in [-0.05, 0) is 13.0 Å². The maximum atomic E-state index is 11.3. The van der Waals surface area contributed by atoms with Crippen LogP contribution in [0.25, 0.3) is 0 Å². The van der Waals surface area contributed by atoms with Crippen molar-refractivity contribution in [1.29, 1.82) is 0 Å². The molecule has 2 rings (SSSR count). The molecule has 1 N–H and O–H groups in total. The minimum absolute atomic E-state index is 0.0665. The Bertz CT molecular complexity index is 258. The summed E-state index contributed by atoms with van der Waals surface area (Å²) in [6.45, 7) is 2.12. The molecular formula is C9H12O4. The smallest absolute Gasteiger partial charge is 0.333 e. The van der Waals surface area contributed by atoms with E-state index in [2.05, 4.69) is 0 Å². The lowest BCUT2D eigenvalue weighted by molar-refractivity contribution is -0.139. The van der Waals surface area contributed by atoms with Crippen LogP contribution in [0.2, 0.25) is 0 Å². The highest BCUT2D eigenvalue weighted by Gasteiger charge is 2.47. The molecule has 0 bridgehead atoms. The van der Waals surface area contributed by atoms with Gasteiger partial charge in [0.1, 0.15) is 12.2 Å². The molecule has 1 aliphatic carbocycles. The predicted molar refractivity (Wildman–Crippen MR) is 44.0 cm³/mol. The second kappa shape index (κ2) is 3.12. The van der Waals surface area contributed by atoms with E-state index in [4.69, 9.17) is 9.47 Å². The van der Waals surface area contributed by atoms with Crippen molar-refractivity contribution in [2.75, 3.05) is 6.61 Å². The van der Waals surface area contributed by atoms with Gasteiger partial charge in [0.15, 0.2) is 0 Å². The molecule has 13 heavy (non-hydrogen) atoms. The topological polar surface area (TPSA) is 59.1 Å². The van der Waals surface area contributed by atoms with Crippen LogP contribution < -0.4 is 0 Å². The minimum atomic E-state index is -0.547. The maximum absolute atomic E-state index is 11.3. The largest absolute Gasteiger partial charge is 0.463 e. The van der Waals surface area contributed by atoms with Crippen molar-refractivity contribution in [2.45, 2.75) is 31.7 Å². The van der Waals surface area contributed by atoms with Gasteiger partial charge in [-0.15, -0.1) is 0 Å². The molecule has 1 aliphatic heterocycles. The second-order valence-corrected chi connectivity index (χ2v) is 3.25. The van der Waals surface area contributed by atoms with Crippen molar-refractivity contribution in [3.8, 4) is 0 Å². The molecular weight excluding hydrogens is 172 g/mol. The Balaban J connectivity index is 2.03. The first-order valence-electron chi connectivity index (χ1n) is 4.43. The van der Waals surface area contributed by atoms with E-state index in [1.165, 1.54) is 0 Å². The molecule has 0 aromatic heterocycles. The number of epoxide rings is 1. The molecule has 4 heteroatoms. The quantitative estimate of drug-likeness (QED) is 0.485. The molecule has 0 amide bonds. The first kappa shape index (κ1) is 8.72. The SMILES string of the molecule is CCOC(=O)C1=CC2OC2C(O)C1. The van der Waals surface area contributed by atoms with Gasteiger partial charge < -0.3 is 14.6 Å². The Kier molecular flexibility index (Phi) is 2.09. The fourth-order valence-electron chi connectivity index (χ4n) is 1.56. The summed E-state index contributed by atoms with van der Waals surface area (Å²) < 4.78 is 9.94. The average molecular weight is 184 g/mol. The van der Waals surface area contributed by atoms with E-state index in [1.807, 2.05) is 0 Å². The van der Waals surface area contributed by atoms with Crippen LogP contribution in [0.1, 0.15) is 13.3 Å². The number of ether oxygens (including phenoxy) is 2. The number of fused-ring (bicyclic) bond motifs is 1. The Morgan fingerprint density at radius 2 is 2.62 bits per heavy atom. The normalized spacial score (nSPS) is 36.2. The highest BCUT2D eigenvalue weighted by Crippen LogP contribution is 2.35. The van der Waals surface area contributed by atoms with Crippen LogP contribution in [0.4, 0.5) is 0 Å². The molecule has 4 nitrogen and oxygen atoms in total. The first-order valence-corrected chi connectivity index (χ1v) is 4.43. The lowest BCUT2D eigenvalue weighted by Gasteiger charge is -2.13. The van der Waals surface area contributed by atoms with Gasteiger partial charge in [-0.3, -0.25) is 0 Å². The third-order valence-corrected chi connectivity index (χ3v) is 2.27. The van der Waals surface area contributed by atoms with Gasteiger partial charge in [0.05, 0.1) is 12.7 Å². The predicted octanol–water partition coefficient (Wildman–Crippen LogP) is 0.00790. The summed E-state index contributed by atoms with van der Waals surface area (Å²) in [4.78, 5) is 11.3. The molecule has 2 aliphatic rings. The van der Waals surface area contributed by atoms with E-state index in [0.717, 1.165) is 0 Å². The van der Waals surface area contributed by atoms with Crippen molar-refractivity contribution >= 4 is 5.97 Å². The molecule has 1 fully saturated rings. The van der Waals surface area contributed by atoms with Crippen LogP contribution in [0, 0.1) is 0 Å². The van der Waals surface area contributed by atoms with Gasteiger partial charge in [0, 0.05) is 12.0 Å². The van der Waals surface area contributed by atoms with E-state index in [1.54, 1.807) is 13.0 Å². The van der Waals surface area contributed by atoms with Crippen molar-refractivity contribution in [1.82, 2.24) is 0 Å². The van der Waals surface area contributed by atoms with Gasteiger partial charge in [-0.1, -0.05) is 0 Å². The lowest BCUT2D eigenvalue weighted by atomic mass is 9.97. The fourth-order valence-corrected chi connectivity index (χ4v) is 1.56. The van der Waals surface area contributed by atoms with Gasteiger partial charge in [0.25, 0.3) is 0 Å². The van der Waals surface area contributed by atoms with Gasteiger partial charge in [0.2, 0.25) is 0 Å². The molecule has 72 valence electrons. The third kappa shape index (κ3) is 1.59. The van der Waals surface area contributed by atoms with E-state index < -0.39 is 6.10 Å². The Morgan fingerprint density at radius 3 is 3.23 bits per heavy atom. The Morgan fingerprint density at radius 1 is 1.85 bits per heavy atom. The highest BCUT2D eigenvalue weighted by atomic mass is 16.6. The number of rotatable bonds is 2. The number of hydrogen-bond acceptors (Lipinski definition) is 4. The lowest BCUT2D eigenvalue weighted by Crippen LogP contribution is -2.24. The number of carbonyl (C=O) groups excluding carboxylic acids is 1. The van der Waals surface area contributed by atoms with Crippen LogP contribution >= 0.6 is 0 Å². The van der Waals surface area contributed by atoms with Crippen LogP contribution in [0.15, 0.2) is 11.6 Å². The zero-order valence-electron chi connectivity index (χ0n) is 7.40. The maximum Gasteiger partial charge on any atom is 0.333 e. The summed E-state index contributed by atoms with van der Waals surface area (Å²) in [6.07, 6.45) is 1.39. The summed E-state index contributed by atoms with van der Waals surface area (Å²) in [6, 6.07) is 0. The Labute approximate surface area is 76.1 Å². The molecule has 1 heterocycles. The summed E-state index contributed by atoms with van der Waals surface area (Å²) in [5.41, 5.74) is 0.535. The molecule has 0 radical (unpaired) electrons. The third-order valence-electron chi connectivity index (χ3n) is 2.27. The summed E-state index contributed by atoms with van der Waals surface area (Å²) >= 11 is 0. The second-order valence-electron chi connectivity index (χ2n) is 3.25. The number of aliphatic hydroxyl groups is 1. The molecule has 0 aromatic carbocycles. The zero-order valence-corrected chi connectivity index (χ0v) is 7.40. The van der Waals surface area contributed by atoms with Gasteiger partial charge >= 0.3 is 5.97 Å². The fraction of sp³-hybridized carbons (Fsp3) is 0.667. The summed E-state index contributed by atoms with van der Waals surface area (Å²) in [5.74, 6) is -0.337. The summed E-state index contributed by atoms with van der Waals surface area (Å²) in [5, 5.41) is 9.43. The molecule has 3 atom stereocenters. The van der Waals surface area contributed by atoms with E-state index in [0.29, 0.717) is 18.6 Å². The van der Waals surface area contributed by atoms with Crippen molar-refractivity contribution in [2.24, 2.45) is 0 Å². The number of hydrogen-bond donors (Lipinski definition) is 1. The van der Waals surface area contributed by atoms with Crippen molar-refractivity contribution in [3.63, 3.8) is 0 Å². The van der Waals surface area contributed by atoms with E-state index in [-0.39, 0.29) is 18.2 Å². The monoisotopic (exact) mass is 184 g/mol.